The molecule has 0 aliphatic heterocycles. The first-order chi connectivity index (χ1) is 11.3. The van der Waals surface area contributed by atoms with Gasteiger partial charge in [-0.2, -0.15) is 0 Å². The Morgan fingerprint density at radius 3 is 2.46 bits per heavy atom. The lowest BCUT2D eigenvalue weighted by atomic mass is 10.0. The van der Waals surface area contributed by atoms with Crippen molar-refractivity contribution >= 4 is 17.2 Å². The molecule has 130 valence electrons. The molecule has 1 heterocycles. The molecule has 1 N–H and O–H groups in total. The van der Waals surface area contributed by atoms with Gasteiger partial charge in [0.25, 0.3) is 0 Å². The molecule has 2 aromatic rings. The highest BCUT2D eigenvalue weighted by molar-refractivity contribution is 7.13. The van der Waals surface area contributed by atoms with Crippen LogP contribution in [-0.2, 0) is 11.3 Å². The summed E-state index contributed by atoms with van der Waals surface area (Å²) in [6, 6.07) is 8.79. The molecule has 0 bridgehead atoms. The van der Waals surface area contributed by atoms with Crippen molar-refractivity contribution in [3.05, 3.63) is 40.9 Å². The van der Waals surface area contributed by atoms with Crippen LogP contribution >= 0.6 is 11.3 Å². The van der Waals surface area contributed by atoms with E-state index in [1.807, 2.05) is 25.8 Å². The van der Waals surface area contributed by atoms with Gasteiger partial charge in [-0.15, -0.1) is 11.3 Å². The van der Waals surface area contributed by atoms with Gasteiger partial charge in [0.15, 0.2) is 0 Å². The van der Waals surface area contributed by atoms with Gasteiger partial charge in [0, 0.05) is 23.5 Å². The SMILES string of the molecule is CC(C)NC(=O)CN(C)Cc1csc(-c2ccc(C(C)C)cc2)n1. The molecule has 24 heavy (non-hydrogen) atoms. The number of hydrogen-bond acceptors (Lipinski definition) is 4. The zero-order valence-electron chi connectivity index (χ0n) is 15.2. The van der Waals surface area contributed by atoms with E-state index in [1.54, 1.807) is 11.3 Å². The van der Waals surface area contributed by atoms with E-state index in [2.05, 4.69) is 48.8 Å². The summed E-state index contributed by atoms with van der Waals surface area (Å²) in [6.45, 7) is 9.38. The lowest BCUT2D eigenvalue weighted by Crippen LogP contribution is -2.38. The first kappa shape index (κ1) is 18.6. The van der Waals surface area contributed by atoms with Gasteiger partial charge >= 0.3 is 0 Å². The quantitative estimate of drug-likeness (QED) is 0.828. The third-order valence-corrected chi connectivity index (χ3v) is 4.61. The number of amides is 1. The van der Waals surface area contributed by atoms with E-state index in [9.17, 15) is 4.79 Å². The molecular weight excluding hydrogens is 318 g/mol. The van der Waals surface area contributed by atoms with Crippen LogP contribution in [-0.4, -0.2) is 35.4 Å². The van der Waals surface area contributed by atoms with Crippen molar-refractivity contribution in [2.45, 2.75) is 46.2 Å². The van der Waals surface area contributed by atoms with Gasteiger partial charge < -0.3 is 5.32 Å². The Kier molecular flexibility index (Phi) is 6.52. The number of aromatic nitrogens is 1. The zero-order valence-corrected chi connectivity index (χ0v) is 16.0. The average Bonchev–Trinajstić information content (AvgIpc) is 2.94. The molecule has 5 heteroatoms. The molecule has 0 aliphatic carbocycles. The summed E-state index contributed by atoms with van der Waals surface area (Å²) in [6.07, 6.45) is 0. The summed E-state index contributed by atoms with van der Waals surface area (Å²) in [4.78, 5) is 18.5. The number of thiazole rings is 1. The topological polar surface area (TPSA) is 45.2 Å². The minimum absolute atomic E-state index is 0.0484. The minimum Gasteiger partial charge on any atom is -0.353 e. The van der Waals surface area contributed by atoms with Crippen LogP contribution in [0.15, 0.2) is 29.6 Å². The fourth-order valence-electron chi connectivity index (χ4n) is 2.47. The van der Waals surface area contributed by atoms with Gasteiger partial charge in [-0.25, -0.2) is 4.98 Å². The second-order valence-electron chi connectivity index (χ2n) is 6.82. The second-order valence-corrected chi connectivity index (χ2v) is 7.67. The van der Waals surface area contributed by atoms with Crippen molar-refractivity contribution in [3.63, 3.8) is 0 Å². The number of nitrogens with one attached hydrogen (secondary N) is 1. The van der Waals surface area contributed by atoms with E-state index >= 15 is 0 Å². The number of carbonyl (C=O) groups is 1. The third-order valence-electron chi connectivity index (χ3n) is 3.67. The van der Waals surface area contributed by atoms with Gasteiger partial charge in [0.2, 0.25) is 5.91 Å². The van der Waals surface area contributed by atoms with Crippen molar-refractivity contribution in [1.82, 2.24) is 15.2 Å². The molecule has 4 nitrogen and oxygen atoms in total. The highest BCUT2D eigenvalue weighted by atomic mass is 32.1. The van der Waals surface area contributed by atoms with Crippen molar-refractivity contribution in [2.24, 2.45) is 0 Å². The third kappa shape index (κ3) is 5.42. The van der Waals surface area contributed by atoms with Crippen LogP contribution in [0.5, 0.6) is 0 Å². The molecule has 0 saturated heterocycles. The number of benzene rings is 1. The Morgan fingerprint density at radius 2 is 1.88 bits per heavy atom. The second kappa shape index (κ2) is 8.40. The number of likely N-dealkylation sites (N-methyl/N-ethyl adjacent to an activating group) is 1. The smallest absolute Gasteiger partial charge is 0.234 e. The maximum atomic E-state index is 11.8. The van der Waals surface area contributed by atoms with Crippen LogP contribution in [0.1, 0.15) is 44.9 Å². The van der Waals surface area contributed by atoms with Crippen LogP contribution in [0.2, 0.25) is 0 Å². The highest BCUT2D eigenvalue weighted by Crippen LogP contribution is 2.26. The lowest BCUT2D eigenvalue weighted by Gasteiger charge is -2.16. The van der Waals surface area contributed by atoms with E-state index in [4.69, 9.17) is 4.98 Å². The van der Waals surface area contributed by atoms with Crippen LogP contribution in [0.25, 0.3) is 10.6 Å². The number of rotatable bonds is 7. The molecule has 0 fully saturated rings. The number of nitrogens with zero attached hydrogens (tertiary/aromatic N) is 2. The molecular formula is C19H27N3OS. The summed E-state index contributed by atoms with van der Waals surface area (Å²) >= 11 is 1.65. The number of hydrogen-bond donors (Lipinski definition) is 1. The molecule has 0 spiro atoms. The highest BCUT2D eigenvalue weighted by Gasteiger charge is 2.11. The first-order valence-corrected chi connectivity index (χ1v) is 9.25. The van der Waals surface area contributed by atoms with Crippen LogP contribution in [0.3, 0.4) is 0 Å². The summed E-state index contributed by atoms with van der Waals surface area (Å²) in [5, 5.41) is 6.01. The Labute approximate surface area is 148 Å². The standard InChI is InChI=1S/C19H27N3OS/c1-13(2)15-6-8-16(9-7-15)19-21-17(12-24-19)10-22(5)11-18(23)20-14(3)4/h6-9,12-14H,10-11H2,1-5H3,(H,20,23). The largest absolute Gasteiger partial charge is 0.353 e. The average molecular weight is 346 g/mol. The fourth-order valence-corrected chi connectivity index (χ4v) is 3.29. The summed E-state index contributed by atoms with van der Waals surface area (Å²) in [5.41, 5.74) is 3.49. The van der Waals surface area contributed by atoms with Crippen LogP contribution in [0.4, 0.5) is 0 Å². The van der Waals surface area contributed by atoms with E-state index < -0.39 is 0 Å². The monoisotopic (exact) mass is 345 g/mol. The van der Waals surface area contributed by atoms with Gasteiger partial charge in [-0.1, -0.05) is 38.1 Å². The Hall–Kier alpha value is -1.72. The molecule has 1 amide bonds. The Morgan fingerprint density at radius 1 is 1.21 bits per heavy atom. The normalized spacial score (nSPS) is 11.5. The molecule has 1 aromatic carbocycles. The van der Waals surface area contributed by atoms with E-state index in [1.165, 1.54) is 5.56 Å². The summed E-state index contributed by atoms with van der Waals surface area (Å²) in [7, 11) is 1.94. The van der Waals surface area contributed by atoms with Gasteiger partial charge in [0.05, 0.1) is 12.2 Å². The van der Waals surface area contributed by atoms with Crippen LogP contribution < -0.4 is 5.32 Å². The first-order valence-electron chi connectivity index (χ1n) is 8.37. The Bertz CT molecular complexity index is 662. The molecule has 2 rings (SSSR count). The summed E-state index contributed by atoms with van der Waals surface area (Å²) in [5.74, 6) is 0.587. The lowest BCUT2D eigenvalue weighted by molar-refractivity contribution is -0.122. The predicted octanol–water partition coefficient (Wildman–Crippen LogP) is 3.89. The fraction of sp³-hybridized carbons (Fsp3) is 0.474. The predicted molar refractivity (Wildman–Crippen MR) is 101 cm³/mol. The van der Waals surface area contributed by atoms with Gasteiger partial charge in [-0.05, 0) is 32.4 Å². The van der Waals surface area contributed by atoms with Gasteiger partial charge in [0.1, 0.15) is 5.01 Å². The molecule has 0 radical (unpaired) electrons. The van der Waals surface area contributed by atoms with Crippen molar-refractivity contribution in [1.29, 1.82) is 0 Å². The molecule has 0 atom stereocenters. The maximum Gasteiger partial charge on any atom is 0.234 e. The van der Waals surface area contributed by atoms with Crippen molar-refractivity contribution in [3.8, 4) is 10.6 Å². The van der Waals surface area contributed by atoms with Crippen molar-refractivity contribution in [2.75, 3.05) is 13.6 Å². The van der Waals surface area contributed by atoms with Crippen LogP contribution in [0, 0.1) is 0 Å². The maximum absolute atomic E-state index is 11.8. The minimum atomic E-state index is 0.0484. The molecule has 0 aliphatic rings. The van der Waals surface area contributed by atoms with Gasteiger partial charge in [-0.3, -0.25) is 9.69 Å². The number of carbonyl (C=O) groups excluding carboxylic acids is 1. The van der Waals surface area contributed by atoms with E-state index in [-0.39, 0.29) is 11.9 Å². The Balaban J connectivity index is 1.96. The molecule has 0 unspecified atom stereocenters. The molecule has 0 saturated carbocycles. The van der Waals surface area contributed by atoms with Crippen molar-refractivity contribution < 1.29 is 4.79 Å². The summed E-state index contributed by atoms with van der Waals surface area (Å²) < 4.78 is 0. The van der Waals surface area contributed by atoms with E-state index in [0.29, 0.717) is 19.0 Å². The zero-order chi connectivity index (χ0) is 17.7. The van der Waals surface area contributed by atoms with E-state index in [0.717, 1.165) is 16.3 Å². The molecule has 1 aromatic heterocycles.